The Labute approximate surface area is 365 Å². The first-order valence-corrected chi connectivity index (χ1v) is 25.1. The SMILES string of the molecule is CCC(C)C(C(CC(=O)N1CCC[C@H]1C(OC)C(C)C(=O)NC(Cc1ccccc1)C(=O)O)OC)N(C)C(=O)C(NC(=O)C(C(C)C)N(C)C(=O)CCC[Si](C)(C)O)C(C)C. The number of rotatable bonds is 25. The summed E-state index contributed by atoms with van der Waals surface area (Å²) in [5.41, 5.74) is 0.770. The first kappa shape index (κ1) is 53.3. The molecule has 1 aliphatic heterocycles. The zero-order valence-corrected chi connectivity index (χ0v) is 40.1. The first-order chi connectivity index (χ1) is 28.5. The van der Waals surface area contributed by atoms with Gasteiger partial charge < -0.3 is 44.7 Å². The molecule has 61 heavy (non-hydrogen) atoms. The van der Waals surface area contributed by atoms with E-state index in [1.807, 2.05) is 72.8 Å². The van der Waals surface area contributed by atoms with E-state index in [0.717, 1.165) is 5.56 Å². The van der Waals surface area contributed by atoms with Crippen molar-refractivity contribution in [2.24, 2.45) is 23.7 Å². The summed E-state index contributed by atoms with van der Waals surface area (Å²) in [6.07, 6.45) is 1.25. The van der Waals surface area contributed by atoms with Crippen LogP contribution in [0.15, 0.2) is 30.3 Å². The van der Waals surface area contributed by atoms with Crippen molar-refractivity contribution in [2.75, 3.05) is 34.9 Å². The number of likely N-dealkylation sites (tertiary alicyclic amines) is 1. The highest BCUT2D eigenvalue weighted by Gasteiger charge is 2.44. The molecule has 0 bridgehead atoms. The van der Waals surface area contributed by atoms with Crippen LogP contribution in [0.1, 0.15) is 92.6 Å². The number of hydrogen-bond acceptors (Lipinski definition) is 9. The quantitative estimate of drug-likeness (QED) is 0.103. The fraction of sp³-hybridized carbons (Fsp3) is 0.733. The topological polar surface area (TPSA) is 195 Å². The van der Waals surface area contributed by atoms with Crippen LogP contribution < -0.4 is 10.6 Å². The molecule has 2 rings (SSSR count). The average Bonchev–Trinajstić information content (AvgIpc) is 3.68. The largest absolute Gasteiger partial charge is 0.480 e. The molecule has 1 aromatic carbocycles. The number of likely N-dealkylation sites (N-methyl/N-ethyl adjacent to an activating group) is 2. The third kappa shape index (κ3) is 15.5. The van der Waals surface area contributed by atoms with Crippen molar-refractivity contribution in [1.29, 1.82) is 0 Å². The smallest absolute Gasteiger partial charge is 0.326 e. The molecule has 1 saturated heterocycles. The van der Waals surface area contributed by atoms with E-state index in [1.54, 1.807) is 43.0 Å². The third-order valence-corrected chi connectivity index (χ3v) is 13.9. The lowest BCUT2D eigenvalue weighted by Gasteiger charge is -2.41. The minimum atomic E-state index is -2.33. The predicted octanol–water partition coefficient (Wildman–Crippen LogP) is 4.32. The van der Waals surface area contributed by atoms with Gasteiger partial charge in [-0.3, -0.25) is 24.0 Å². The minimum absolute atomic E-state index is 0.0637. The van der Waals surface area contributed by atoms with Crippen molar-refractivity contribution in [3.63, 3.8) is 0 Å². The summed E-state index contributed by atoms with van der Waals surface area (Å²) >= 11 is 0. The molecule has 4 N–H and O–H groups in total. The number of carboxylic acid groups (broad SMARTS) is 1. The van der Waals surface area contributed by atoms with E-state index in [2.05, 4.69) is 10.6 Å². The molecule has 1 fully saturated rings. The first-order valence-electron chi connectivity index (χ1n) is 22.0. The van der Waals surface area contributed by atoms with Gasteiger partial charge in [0.25, 0.3) is 0 Å². The lowest BCUT2D eigenvalue weighted by atomic mass is 9.89. The van der Waals surface area contributed by atoms with Gasteiger partial charge in [0.1, 0.15) is 18.1 Å². The summed E-state index contributed by atoms with van der Waals surface area (Å²) in [6, 6.07) is 5.70. The van der Waals surface area contributed by atoms with Crippen LogP contribution in [0.5, 0.6) is 0 Å². The second kappa shape index (κ2) is 24.7. The molecule has 1 aliphatic rings. The Morgan fingerprint density at radius 1 is 0.902 bits per heavy atom. The maximum absolute atomic E-state index is 14.5. The number of carbonyl (C=O) groups is 6. The van der Waals surface area contributed by atoms with Crippen molar-refractivity contribution in [2.45, 2.75) is 155 Å². The number of hydrogen-bond donors (Lipinski definition) is 4. The van der Waals surface area contributed by atoms with Gasteiger partial charge in [0.2, 0.25) is 29.5 Å². The van der Waals surface area contributed by atoms with Gasteiger partial charge >= 0.3 is 5.97 Å². The van der Waals surface area contributed by atoms with E-state index in [4.69, 9.17) is 9.47 Å². The number of nitrogens with zero attached hydrogens (tertiary/aromatic N) is 3. The zero-order valence-electron chi connectivity index (χ0n) is 39.1. The summed E-state index contributed by atoms with van der Waals surface area (Å²) in [6.45, 7) is 17.1. The Morgan fingerprint density at radius 2 is 1.52 bits per heavy atom. The molecular weight excluding hydrogens is 799 g/mol. The van der Waals surface area contributed by atoms with E-state index < -0.39 is 74.4 Å². The number of ether oxygens (including phenoxy) is 2. The molecule has 0 spiro atoms. The zero-order chi connectivity index (χ0) is 46.4. The highest BCUT2D eigenvalue weighted by molar-refractivity contribution is 6.69. The van der Waals surface area contributed by atoms with E-state index in [9.17, 15) is 38.7 Å². The van der Waals surface area contributed by atoms with Crippen molar-refractivity contribution in [3.05, 3.63) is 35.9 Å². The lowest BCUT2D eigenvalue weighted by molar-refractivity contribution is -0.149. The lowest BCUT2D eigenvalue weighted by Crippen LogP contribution is -2.60. The van der Waals surface area contributed by atoms with Crippen LogP contribution >= 0.6 is 0 Å². The Balaban J connectivity index is 2.28. The van der Waals surface area contributed by atoms with Gasteiger partial charge in [-0.2, -0.15) is 0 Å². The van der Waals surface area contributed by atoms with Gasteiger partial charge in [-0.25, -0.2) is 4.79 Å². The molecule has 9 atom stereocenters. The van der Waals surface area contributed by atoms with Crippen LogP contribution in [0.25, 0.3) is 0 Å². The maximum Gasteiger partial charge on any atom is 0.326 e. The fourth-order valence-corrected chi connectivity index (χ4v) is 9.60. The van der Waals surface area contributed by atoms with Gasteiger partial charge in [0, 0.05) is 47.7 Å². The van der Waals surface area contributed by atoms with Crippen LogP contribution in [0.4, 0.5) is 0 Å². The fourth-order valence-electron chi connectivity index (χ4n) is 8.56. The number of nitrogens with one attached hydrogen (secondary N) is 2. The molecule has 5 amide bonds. The molecule has 0 aliphatic carbocycles. The molecular formula is C45H77N5O10Si. The number of benzene rings is 1. The van der Waals surface area contributed by atoms with Crippen LogP contribution in [0.2, 0.25) is 19.1 Å². The highest BCUT2D eigenvalue weighted by atomic mass is 28.4. The third-order valence-electron chi connectivity index (χ3n) is 12.3. The van der Waals surface area contributed by atoms with Gasteiger partial charge in [-0.15, -0.1) is 0 Å². The Morgan fingerprint density at radius 3 is 2.03 bits per heavy atom. The maximum atomic E-state index is 14.5. The van der Waals surface area contributed by atoms with E-state index in [0.29, 0.717) is 38.3 Å². The molecule has 0 radical (unpaired) electrons. The number of carboxylic acids is 1. The molecule has 0 aromatic heterocycles. The Hall–Kier alpha value is -3.86. The minimum Gasteiger partial charge on any atom is -0.480 e. The van der Waals surface area contributed by atoms with Gasteiger partial charge in [-0.05, 0) is 61.7 Å². The van der Waals surface area contributed by atoms with Crippen LogP contribution in [-0.4, -0.2) is 146 Å². The second-order valence-electron chi connectivity index (χ2n) is 18.3. The molecule has 0 saturated carbocycles. The summed E-state index contributed by atoms with van der Waals surface area (Å²) in [4.78, 5) is 96.6. The highest BCUT2D eigenvalue weighted by Crippen LogP contribution is 2.30. The monoisotopic (exact) mass is 876 g/mol. The van der Waals surface area contributed by atoms with Gasteiger partial charge in [0.15, 0.2) is 8.32 Å². The van der Waals surface area contributed by atoms with Gasteiger partial charge in [0.05, 0.1) is 36.6 Å². The molecule has 15 nitrogen and oxygen atoms in total. The van der Waals surface area contributed by atoms with Crippen LogP contribution in [0.3, 0.4) is 0 Å². The van der Waals surface area contributed by atoms with E-state index >= 15 is 0 Å². The van der Waals surface area contributed by atoms with Crippen molar-refractivity contribution < 1.29 is 48.1 Å². The predicted molar refractivity (Wildman–Crippen MR) is 238 cm³/mol. The van der Waals surface area contributed by atoms with E-state index in [-0.39, 0.29) is 54.7 Å². The molecule has 346 valence electrons. The number of methoxy groups -OCH3 is 2. The van der Waals surface area contributed by atoms with Crippen LogP contribution in [-0.2, 0) is 44.7 Å². The summed E-state index contributed by atoms with van der Waals surface area (Å²) in [5.74, 6) is -4.33. The number of carbonyl (C=O) groups excluding carboxylic acids is 5. The summed E-state index contributed by atoms with van der Waals surface area (Å²) in [7, 11) is 3.93. The number of amides is 5. The van der Waals surface area contributed by atoms with Crippen molar-refractivity contribution in [1.82, 2.24) is 25.3 Å². The normalized spacial score (nSPS) is 18.4. The summed E-state index contributed by atoms with van der Waals surface area (Å²) < 4.78 is 11.9. The van der Waals surface area contributed by atoms with E-state index in [1.165, 1.54) is 19.1 Å². The van der Waals surface area contributed by atoms with Crippen molar-refractivity contribution >= 4 is 43.8 Å². The van der Waals surface area contributed by atoms with Gasteiger partial charge in [-0.1, -0.05) is 85.2 Å². The van der Waals surface area contributed by atoms with Crippen LogP contribution in [0, 0.1) is 23.7 Å². The molecule has 1 heterocycles. The average molecular weight is 876 g/mol. The molecule has 8 unspecified atom stereocenters. The molecule has 16 heteroatoms. The Bertz CT molecular complexity index is 1590. The molecule has 1 aromatic rings. The standard InChI is InChI=1S/C45H77N5O10Si/c1-14-30(6)40(49(9)44(55)38(28(2)3)47-43(54)39(29(4)5)48(8)36(51)23-19-25-61(12,13)58)35(59-10)27-37(52)50-24-18-22-34(50)41(60-11)31(7)42(53)46-33(45(56)57)26-32-20-16-15-17-21-32/h15-17,20-21,28-31,33-35,38-41,58H,14,18-19,22-27H2,1-13H3,(H,46,53)(H,47,54)(H,56,57)/t30?,31?,33?,34-,35?,38?,39?,40?,41?/m0/s1. The number of aliphatic carboxylic acids is 1. The second-order valence-corrected chi connectivity index (χ2v) is 22.4. The summed E-state index contributed by atoms with van der Waals surface area (Å²) in [5, 5.41) is 15.6. The van der Waals surface area contributed by atoms with Crippen molar-refractivity contribution in [3.8, 4) is 0 Å². The Kier molecular flexibility index (Phi) is 21.6.